The van der Waals surface area contributed by atoms with Gasteiger partial charge < -0.3 is 10.3 Å². The van der Waals surface area contributed by atoms with E-state index in [4.69, 9.17) is 5.73 Å². The van der Waals surface area contributed by atoms with Crippen molar-refractivity contribution in [3.8, 4) is 5.00 Å². The van der Waals surface area contributed by atoms with Crippen molar-refractivity contribution in [3.05, 3.63) is 53.5 Å². The van der Waals surface area contributed by atoms with Crippen molar-refractivity contribution < 1.29 is 4.79 Å². The number of primary amides is 1. The number of amides is 1. The lowest BCUT2D eigenvalue weighted by molar-refractivity contribution is -0.123. The first-order valence-corrected chi connectivity index (χ1v) is 9.25. The fourth-order valence-corrected chi connectivity index (χ4v) is 4.42. The Kier molecular flexibility index (Phi) is 4.12. The van der Waals surface area contributed by atoms with Crippen molar-refractivity contribution in [2.75, 3.05) is 13.1 Å². The Balaban J connectivity index is 1.69. The summed E-state index contributed by atoms with van der Waals surface area (Å²) in [6.07, 6.45) is 1.95. The first kappa shape index (κ1) is 15.4. The number of benzene rings is 1. The quantitative estimate of drug-likeness (QED) is 0.792. The van der Waals surface area contributed by atoms with E-state index in [9.17, 15) is 4.79 Å². The van der Waals surface area contributed by atoms with Gasteiger partial charge in [0.1, 0.15) is 0 Å². The highest BCUT2D eigenvalue weighted by atomic mass is 32.1. The van der Waals surface area contributed by atoms with E-state index in [1.807, 2.05) is 0 Å². The Morgan fingerprint density at radius 3 is 2.92 bits per heavy atom. The van der Waals surface area contributed by atoms with E-state index in [1.165, 1.54) is 21.6 Å². The zero-order valence-corrected chi connectivity index (χ0v) is 14.3. The van der Waals surface area contributed by atoms with Crippen LogP contribution in [0.25, 0.3) is 15.9 Å². The molecule has 2 aromatic heterocycles. The minimum Gasteiger partial charge on any atom is -0.369 e. The van der Waals surface area contributed by atoms with E-state index in [-0.39, 0.29) is 11.8 Å². The summed E-state index contributed by atoms with van der Waals surface area (Å²) in [4.78, 5) is 13.9. The van der Waals surface area contributed by atoms with Gasteiger partial charge in [0.05, 0.1) is 16.4 Å². The number of carbonyl (C=O) groups excluding carboxylic acids is 1. The molecule has 1 aromatic carbocycles. The number of likely N-dealkylation sites (tertiary alicyclic amines) is 1. The van der Waals surface area contributed by atoms with Crippen molar-refractivity contribution in [3.63, 3.8) is 0 Å². The molecule has 1 unspecified atom stereocenters. The molecule has 2 N–H and O–H groups in total. The number of nitrogens with two attached hydrogens (primary N) is 1. The smallest absolute Gasteiger partial charge is 0.221 e. The lowest BCUT2D eigenvalue weighted by Crippen LogP contribution is -2.40. The standard InChI is InChI=1S/C19H21N3OS/c20-19(23)15-6-3-9-21(12-15)13-16-11-14-5-1-2-7-17(14)22(16)18-8-4-10-24-18/h1-2,4-5,7-8,10-11,15H,3,6,9,12-13H2,(H2,20,23). The summed E-state index contributed by atoms with van der Waals surface area (Å²) in [7, 11) is 0. The summed E-state index contributed by atoms with van der Waals surface area (Å²) >= 11 is 1.75. The molecule has 3 aromatic rings. The first-order chi connectivity index (χ1) is 11.7. The van der Waals surface area contributed by atoms with Crippen molar-refractivity contribution >= 4 is 28.1 Å². The first-order valence-electron chi connectivity index (χ1n) is 8.37. The summed E-state index contributed by atoms with van der Waals surface area (Å²) in [5, 5.41) is 4.59. The largest absolute Gasteiger partial charge is 0.369 e. The second-order valence-electron chi connectivity index (χ2n) is 6.46. The third-order valence-corrected chi connectivity index (χ3v) is 5.66. The van der Waals surface area contributed by atoms with Crippen molar-refractivity contribution in [2.45, 2.75) is 19.4 Å². The molecule has 5 heteroatoms. The van der Waals surface area contributed by atoms with Gasteiger partial charge in [0, 0.05) is 24.2 Å². The summed E-state index contributed by atoms with van der Waals surface area (Å²) in [6, 6.07) is 15.0. The number of nitrogens with zero attached hydrogens (tertiary/aromatic N) is 2. The molecule has 0 bridgehead atoms. The minimum atomic E-state index is -0.168. The van der Waals surface area contributed by atoms with Crippen LogP contribution in [0, 0.1) is 5.92 Å². The average molecular weight is 339 g/mol. The van der Waals surface area contributed by atoms with E-state index >= 15 is 0 Å². The van der Waals surface area contributed by atoms with Gasteiger partial charge in [-0.3, -0.25) is 9.69 Å². The fraction of sp³-hybridized carbons (Fsp3) is 0.316. The van der Waals surface area contributed by atoms with Crippen LogP contribution < -0.4 is 5.73 Å². The van der Waals surface area contributed by atoms with Crippen LogP contribution in [0.2, 0.25) is 0 Å². The van der Waals surface area contributed by atoms with Crippen LogP contribution in [0.15, 0.2) is 47.8 Å². The molecule has 3 heterocycles. The maximum Gasteiger partial charge on any atom is 0.221 e. The van der Waals surface area contributed by atoms with E-state index < -0.39 is 0 Å². The van der Waals surface area contributed by atoms with Gasteiger partial charge in [0.25, 0.3) is 0 Å². The molecule has 1 aliphatic heterocycles. The van der Waals surface area contributed by atoms with Crippen LogP contribution in [0.3, 0.4) is 0 Å². The lowest BCUT2D eigenvalue weighted by atomic mass is 9.97. The molecular formula is C19H21N3OS. The number of thiophene rings is 1. The highest BCUT2D eigenvalue weighted by molar-refractivity contribution is 7.12. The maximum absolute atomic E-state index is 11.5. The third kappa shape index (κ3) is 2.85. The Labute approximate surface area is 145 Å². The van der Waals surface area contributed by atoms with Gasteiger partial charge >= 0.3 is 0 Å². The van der Waals surface area contributed by atoms with Crippen LogP contribution in [0.1, 0.15) is 18.5 Å². The molecule has 1 aliphatic rings. The Morgan fingerprint density at radius 2 is 2.12 bits per heavy atom. The Bertz CT molecular complexity index is 853. The number of piperidine rings is 1. The highest BCUT2D eigenvalue weighted by Crippen LogP contribution is 2.29. The molecule has 124 valence electrons. The fourth-order valence-electron chi connectivity index (χ4n) is 3.65. The van der Waals surface area contributed by atoms with Crippen LogP contribution in [0.5, 0.6) is 0 Å². The molecule has 1 atom stereocenters. The molecule has 1 amide bonds. The Hall–Kier alpha value is -2.11. The SMILES string of the molecule is NC(=O)C1CCCN(Cc2cc3ccccc3n2-c2cccs2)C1. The van der Waals surface area contributed by atoms with E-state index in [2.05, 4.69) is 57.3 Å². The molecular weight excluding hydrogens is 318 g/mol. The summed E-state index contributed by atoms with van der Waals surface area (Å²) in [6.45, 7) is 2.63. The van der Waals surface area contributed by atoms with Gasteiger partial charge in [-0.2, -0.15) is 0 Å². The molecule has 24 heavy (non-hydrogen) atoms. The van der Waals surface area contributed by atoms with Crippen molar-refractivity contribution in [1.82, 2.24) is 9.47 Å². The van der Waals surface area contributed by atoms with E-state index in [0.29, 0.717) is 0 Å². The molecule has 4 nitrogen and oxygen atoms in total. The van der Waals surface area contributed by atoms with Gasteiger partial charge in [0.15, 0.2) is 0 Å². The predicted octanol–water partition coefficient (Wildman–Crippen LogP) is 3.39. The number of carbonyl (C=O) groups is 1. The summed E-state index contributed by atoms with van der Waals surface area (Å²) in [5.41, 5.74) is 8.02. The normalized spacial score (nSPS) is 18.9. The number of aromatic nitrogens is 1. The Morgan fingerprint density at radius 1 is 1.25 bits per heavy atom. The van der Waals surface area contributed by atoms with Gasteiger partial charge in [-0.25, -0.2) is 0 Å². The third-order valence-electron chi connectivity index (χ3n) is 4.81. The zero-order chi connectivity index (χ0) is 16.5. The van der Waals surface area contributed by atoms with Gasteiger partial charge in [-0.05, 0) is 49.0 Å². The zero-order valence-electron chi connectivity index (χ0n) is 13.5. The number of para-hydroxylation sites is 1. The lowest BCUT2D eigenvalue weighted by Gasteiger charge is -2.31. The minimum absolute atomic E-state index is 0.0154. The molecule has 1 fully saturated rings. The number of rotatable bonds is 4. The highest BCUT2D eigenvalue weighted by Gasteiger charge is 2.25. The summed E-state index contributed by atoms with van der Waals surface area (Å²) in [5.74, 6) is -0.184. The second kappa shape index (κ2) is 6.42. The maximum atomic E-state index is 11.5. The number of hydrogen-bond donors (Lipinski definition) is 1. The average Bonchev–Trinajstić information content (AvgIpc) is 3.21. The van der Waals surface area contributed by atoms with Gasteiger partial charge in [0.2, 0.25) is 5.91 Å². The molecule has 0 saturated carbocycles. The molecule has 0 spiro atoms. The van der Waals surface area contributed by atoms with Crippen molar-refractivity contribution in [2.24, 2.45) is 11.7 Å². The number of hydrogen-bond acceptors (Lipinski definition) is 3. The number of fused-ring (bicyclic) bond motifs is 1. The van der Waals surface area contributed by atoms with Crippen molar-refractivity contribution in [1.29, 1.82) is 0 Å². The van der Waals surface area contributed by atoms with E-state index in [0.717, 1.165) is 32.5 Å². The molecule has 1 saturated heterocycles. The molecule has 4 rings (SSSR count). The van der Waals surface area contributed by atoms with E-state index in [1.54, 1.807) is 11.3 Å². The van der Waals surface area contributed by atoms with Crippen LogP contribution in [0.4, 0.5) is 0 Å². The monoisotopic (exact) mass is 339 g/mol. The van der Waals surface area contributed by atoms with Crippen LogP contribution in [-0.4, -0.2) is 28.5 Å². The van der Waals surface area contributed by atoms with Crippen LogP contribution >= 0.6 is 11.3 Å². The molecule has 0 radical (unpaired) electrons. The molecule has 0 aliphatic carbocycles. The second-order valence-corrected chi connectivity index (χ2v) is 7.38. The van der Waals surface area contributed by atoms with Crippen LogP contribution in [-0.2, 0) is 11.3 Å². The van der Waals surface area contributed by atoms with Gasteiger partial charge in [-0.15, -0.1) is 11.3 Å². The summed E-state index contributed by atoms with van der Waals surface area (Å²) < 4.78 is 2.34. The topological polar surface area (TPSA) is 51.3 Å². The van der Waals surface area contributed by atoms with Gasteiger partial charge in [-0.1, -0.05) is 18.2 Å². The predicted molar refractivity (Wildman–Crippen MR) is 98.3 cm³/mol.